The lowest BCUT2D eigenvalue weighted by molar-refractivity contribution is -0.127. The lowest BCUT2D eigenvalue weighted by atomic mass is 10.1. The standard InChI is InChI=1S/C24H26N4O5S/c1-17-22(18(2)28(25-17)19-7-5-4-6-8-19)23(29)24(30)26-13-15-27(16-14-26)34(31,32)21-11-9-20(33-3)10-12-21/h4-12H,13-16H2,1-3H3. The third kappa shape index (κ3) is 4.34. The Kier molecular flexibility index (Phi) is 6.54. The van der Waals surface area contributed by atoms with E-state index >= 15 is 0 Å². The number of piperazine rings is 1. The minimum Gasteiger partial charge on any atom is -0.497 e. The number of hydrogen-bond acceptors (Lipinski definition) is 6. The summed E-state index contributed by atoms with van der Waals surface area (Å²) in [6.45, 7) is 3.93. The lowest BCUT2D eigenvalue weighted by Gasteiger charge is -2.33. The molecule has 0 N–H and O–H groups in total. The van der Waals surface area contributed by atoms with Crippen LogP contribution in [0.3, 0.4) is 0 Å². The maximum Gasteiger partial charge on any atom is 0.295 e. The molecule has 9 nitrogen and oxygen atoms in total. The van der Waals surface area contributed by atoms with E-state index in [2.05, 4.69) is 5.10 Å². The van der Waals surface area contributed by atoms with Gasteiger partial charge in [-0.1, -0.05) is 18.2 Å². The number of carbonyl (C=O) groups is 2. The van der Waals surface area contributed by atoms with Gasteiger partial charge in [-0.2, -0.15) is 9.40 Å². The van der Waals surface area contributed by atoms with Crippen molar-refractivity contribution in [2.75, 3.05) is 33.3 Å². The maximum atomic E-state index is 13.1. The van der Waals surface area contributed by atoms with Gasteiger partial charge in [-0.05, 0) is 50.2 Å². The van der Waals surface area contributed by atoms with Crippen molar-refractivity contribution in [3.05, 3.63) is 71.5 Å². The van der Waals surface area contributed by atoms with Gasteiger partial charge in [-0.25, -0.2) is 13.1 Å². The van der Waals surface area contributed by atoms with E-state index in [1.165, 1.54) is 28.4 Å². The molecule has 0 unspecified atom stereocenters. The molecule has 178 valence electrons. The number of aryl methyl sites for hydroxylation is 1. The number of rotatable bonds is 6. The van der Waals surface area contributed by atoms with Crippen LogP contribution in [-0.2, 0) is 14.8 Å². The number of benzene rings is 2. The second-order valence-electron chi connectivity index (χ2n) is 7.99. The number of para-hydroxylation sites is 1. The number of methoxy groups -OCH3 is 1. The van der Waals surface area contributed by atoms with Gasteiger partial charge in [0, 0.05) is 26.2 Å². The van der Waals surface area contributed by atoms with E-state index in [0.29, 0.717) is 17.1 Å². The van der Waals surface area contributed by atoms with Crippen molar-refractivity contribution in [1.29, 1.82) is 0 Å². The molecule has 1 saturated heterocycles. The van der Waals surface area contributed by atoms with Crippen LogP contribution in [0.2, 0.25) is 0 Å². The van der Waals surface area contributed by atoms with Crippen molar-refractivity contribution in [1.82, 2.24) is 19.0 Å². The molecule has 1 fully saturated rings. The molecule has 1 aliphatic heterocycles. The summed E-state index contributed by atoms with van der Waals surface area (Å²) in [5, 5.41) is 4.45. The highest BCUT2D eigenvalue weighted by molar-refractivity contribution is 7.89. The first kappa shape index (κ1) is 23.7. The molecule has 4 rings (SSSR count). The maximum absolute atomic E-state index is 13.1. The topological polar surface area (TPSA) is 102 Å². The fourth-order valence-electron chi connectivity index (χ4n) is 4.07. The Bertz CT molecular complexity index is 1310. The molecule has 0 radical (unpaired) electrons. The zero-order valence-corrected chi connectivity index (χ0v) is 20.1. The van der Waals surface area contributed by atoms with Crippen molar-refractivity contribution in [3.8, 4) is 11.4 Å². The summed E-state index contributed by atoms with van der Waals surface area (Å²) in [5.41, 5.74) is 2.14. The third-order valence-corrected chi connectivity index (χ3v) is 7.85. The largest absolute Gasteiger partial charge is 0.497 e. The van der Waals surface area contributed by atoms with Crippen LogP contribution in [0.5, 0.6) is 5.75 Å². The molecule has 0 atom stereocenters. The molecule has 34 heavy (non-hydrogen) atoms. The van der Waals surface area contributed by atoms with Gasteiger partial charge in [0.2, 0.25) is 10.0 Å². The third-order valence-electron chi connectivity index (χ3n) is 5.94. The van der Waals surface area contributed by atoms with Crippen molar-refractivity contribution in [2.24, 2.45) is 0 Å². The lowest BCUT2D eigenvalue weighted by Crippen LogP contribution is -2.52. The summed E-state index contributed by atoms with van der Waals surface area (Å²) >= 11 is 0. The van der Waals surface area contributed by atoms with Crippen molar-refractivity contribution < 1.29 is 22.7 Å². The van der Waals surface area contributed by atoms with Gasteiger partial charge in [0.05, 0.1) is 34.6 Å². The second kappa shape index (κ2) is 9.40. The highest BCUT2D eigenvalue weighted by Gasteiger charge is 2.34. The average molecular weight is 483 g/mol. The molecular weight excluding hydrogens is 456 g/mol. The molecule has 2 aromatic carbocycles. The fourth-order valence-corrected chi connectivity index (χ4v) is 5.49. The number of ketones is 1. The van der Waals surface area contributed by atoms with E-state index in [1.807, 2.05) is 30.3 Å². The molecule has 0 aliphatic carbocycles. The predicted octanol–water partition coefficient (Wildman–Crippen LogP) is 2.21. The highest BCUT2D eigenvalue weighted by Crippen LogP contribution is 2.22. The number of amides is 1. The summed E-state index contributed by atoms with van der Waals surface area (Å²) in [5.74, 6) is -0.724. The molecule has 3 aromatic rings. The quantitative estimate of drug-likeness (QED) is 0.394. The first-order chi connectivity index (χ1) is 16.2. The molecule has 1 amide bonds. The van der Waals surface area contributed by atoms with Crippen molar-refractivity contribution >= 4 is 21.7 Å². The Balaban J connectivity index is 1.46. The SMILES string of the molecule is COc1ccc(S(=O)(=O)N2CCN(C(=O)C(=O)c3c(C)nn(-c4ccccc4)c3C)CC2)cc1. The van der Waals surface area contributed by atoms with Crippen molar-refractivity contribution in [2.45, 2.75) is 18.7 Å². The van der Waals surface area contributed by atoms with Crippen molar-refractivity contribution in [3.63, 3.8) is 0 Å². The van der Waals surface area contributed by atoms with Gasteiger partial charge < -0.3 is 9.64 Å². The first-order valence-corrected chi connectivity index (χ1v) is 12.3. The molecule has 0 spiro atoms. The molecule has 1 aromatic heterocycles. The molecule has 10 heteroatoms. The predicted molar refractivity (Wildman–Crippen MR) is 126 cm³/mol. The summed E-state index contributed by atoms with van der Waals surface area (Å²) in [4.78, 5) is 27.7. The van der Waals surface area contributed by atoms with E-state index in [1.54, 1.807) is 30.7 Å². The Morgan fingerprint density at radius 1 is 0.912 bits per heavy atom. The summed E-state index contributed by atoms with van der Waals surface area (Å²) < 4.78 is 34.0. The second-order valence-corrected chi connectivity index (χ2v) is 9.93. The van der Waals surface area contributed by atoms with E-state index in [4.69, 9.17) is 4.74 Å². The van der Waals surface area contributed by atoms with Gasteiger partial charge in [0.15, 0.2) is 0 Å². The van der Waals surface area contributed by atoms with E-state index < -0.39 is 21.7 Å². The fraction of sp³-hybridized carbons (Fsp3) is 0.292. The number of nitrogens with zero attached hydrogens (tertiary/aromatic N) is 4. The molecule has 1 aliphatic rings. The Hall–Kier alpha value is -3.50. The molecule has 2 heterocycles. The molecule has 0 saturated carbocycles. The van der Waals surface area contributed by atoms with Crippen LogP contribution in [-0.4, -0.2) is 72.4 Å². The van der Waals surface area contributed by atoms with Crippen LogP contribution < -0.4 is 4.74 Å². The number of Topliss-reactive ketones (excluding diaryl/α,β-unsaturated/α-hetero) is 1. The van der Waals surface area contributed by atoms with Gasteiger partial charge in [-0.15, -0.1) is 0 Å². The normalized spacial score (nSPS) is 14.7. The summed E-state index contributed by atoms with van der Waals surface area (Å²) in [7, 11) is -2.20. The monoisotopic (exact) mass is 482 g/mol. The Labute approximate surface area is 198 Å². The van der Waals surface area contributed by atoms with Gasteiger partial charge in [0.1, 0.15) is 5.75 Å². The number of carbonyl (C=O) groups excluding carboxylic acids is 2. The number of sulfonamides is 1. The minimum absolute atomic E-state index is 0.106. The average Bonchev–Trinajstić information content (AvgIpc) is 3.17. The van der Waals surface area contributed by atoms with Gasteiger partial charge in [0.25, 0.3) is 11.7 Å². The van der Waals surface area contributed by atoms with Crippen LogP contribution in [0.25, 0.3) is 5.69 Å². The summed E-state index contributed by atoms with van der Waals surface area (Å²) in [6.07, 6.45) is 0. The smallest absolute Gasteiger partial charge is 0.295 e. The van der Waals surface area contributed by atoms with Crippen LogP contribution in [0.4, 0.5) is 0 Å². The number of aromatic nitrogens is 2. The van der Waals surface area contributed by atoms with Crippen LogP contribution in [0.15, 0.2) is 59.5 Å². The van der Waals surface area contributed by atoms with Crippen LogP contribution in [0, 0.1) is 13.8 Å². The minimum atomic E-state index is -3.71. The zero-order valence-electron chi connectivity index (χ0n) is 19.3. The Morgan fingerprint density at radius 3 is 2.12 bits per heavy atom. The number of hydrogen-bond donors (Lipinski definition) is 0. The summed E-state index contributed by atoms with van der Waals surface area (Å²) in [6, 6.07) is 15.5. The van der Waals surface area contributed by atoms with Crippen LogP contribution in [0.1, 0.15) is 21.7 Å². The van der Waals surface area contributed by atoms with Crippen LogP contribution >= 0.6 is 0 Å². The van der Waals surface area contributed by atoms with Gasteiger partial charge in [-0.3, -0.25) is 9.59 Å². The van der Waals surface area contributed by atoms with Gasteiger partial charge >= 0.3 is 0 Å². The van der Waals surface area contributed by atoms with E-state index in [-0.39, 0.29) is 36.6 Å². The van der Waals surface area contributed by atoms with E-state index in [0.717, 1.165) is 5.69 Å². The molecule has 0 bridgehead atoms. The zero-order chi connectivity index (χ0) is 24.5. The molecular formula is C24H26N4O5S. The highest BCUT2D eigenvalue weighted by atomic mass is 32.2. The van der Waals surface area contributed by atoms with E-state index in [9.17, 15) is 18.0 Å². The first-order valence-electron chi connectivity index (χ1n) is 10.8. The Morgan fingerprint density at radius 2 is 1.53 bits per heavy atom. The number of ether oxygens (including phenoxy) is 1.